The highest BCUT2D eigenvalue weighted by atomic mass is 14.2. The Morgan fingerprint density at radius 1 is 0.714 bits per heavy atom. The summed E-state index contributed by atoms with van der Waals surface area (Å²) in [7, 11) is 0. The minimum absolute atomic E-state index is 1.03. The smallest absolute Gasteiger partial charge is 0.0544 e. The summed E-state index contributed by atoms with van der Waals surface area (Å²) in [5.41, 5.74) is 5.86. The third-order valence-electron chi connectivity index (χ3n) is 2.72. The second-order valence-corrected chi connectivity index (χ2v) is 3.50. The Morgan fingerprint density at radius 2 is 1.14 bits per heavy atom. The lowest BCUT2D eigenvalue weighted by Gasteiger charge is -1.97. The first-order chi connectivity index (χ1) is 7.42. The van der Waals surface area contributed by atoms with Gasteiger partial charge in [0.05, 0.1) is 1.37 Å². The van der Waals surface area contributed by atoms with Crippen LogP contribution in [0.1, 0.15) is 12.5 Å². The summed E-state index contributed by atoms with van der Waals surface area (Å²) < 4.78 is 7.50. The first-order valence-corrected chi connectivity index (χ1v) is 4.69. The van der Waals surface area contributed by atoms with E-state index >= 15 is 0 Å². The number of benzene rings is 2. The number of rotatable bonds is 0. The monoisotopic (exact) mass is 179 g/mol. The van der Waals surface area contributed by atoms with E-state index in [-0.39, 0.29) is 0 Å². The van der Waals surface area contributed by atoms with Gasteiger partial charge in [0.1, 0.15) is 0 Å². The standard InChI is InChI=1S/C14H10/c1-10-11-6-2-4-8-13(11)14-9-5-3-7-12(10)14/h2-9H,1H2/i1D. The van der Waals surface area contributed by atoms with E-state index in [1.807, 2.05) is 24.3 Å². The molecule has 0 spiro atoms. The minimum Gasteiger partial charge on any atom is -0.0905 e. The highest BCUT2D eigenvalue weighted by Gasteiger charge is 2.19. The summed E-state index contributed by atoms with van der Waals surface area (Å²) in [4.78, 5) is 0. The molecule has 0 saturated carbocycles. The van der Waals surface area contributed by atoms with Gasteiger partial charge in [-0.25, -0.2) is 0 Å². The molecule has 1 aliphatic carbocycles. The van der Waals surface area contributed by atoms with Crippen LogP contribution in [0, 0.1) is 0 Å². The summed E-state index contributed by atoms with van der Waals surface area (Å²) in [5, 5.41) is 0. The SMILES string of the molecule is [2H]C=C1c2ccccc2-c2ccccc21. The van der Waals surface area contributed by atoms with Crippen molar-refractivity contribution in [3.05, 3.63) is 66.2 Å². The summed E-state index contributed by atoms with van der Waals surface area (Å²) in [5.74, 6) is 0. The molecule has 2 aromatic rings. The maximum absolute atomic E-state index is 7.50. The molecule has 0 saturated heterocycles. The molecule has 0 radical (unpaired) electrons. The van der Waals surface area contributed by atoms with Crippen LogP contribution in [0.15, 0.2) is 55.1 Å². The fourth-order valence-electron chi connectivity index (χ4n) is 2.05. The molecule has 0 heteroatoms. The van der Waals surface area contributed by atoms with Gasteiger partial charge in [-0.05, 0) is 27.8 Å². The molecule has 0 fully saturated rings. The van der Waals surface area contributed by atoms with E-state index in [0.717, 1.165) is 5.57 Å². The van der Waals surface area contributed by atoms with Gasteiger partial charge in [0.15, 0.2) is 0 Å². The van der Waals surface area contributed by atoms with Crippen molar-refractivity contribution >= 4 is 5.57 Å². The van der Waals surface area contributed by atoms with Gasteiger partial charge in [-0.15, -0.1) is 0 Å². The first-order valence-electron chi connectivity index (χ1n) is 5.27. The lowest BCUT2D eigenvalue weighted by molar-refractivity contribution is 1.65. The fourth-order valence-corrected chi connectivity index (χ4v) is 2.05. The molecule has 2 aromatic carbocycles. The second kappa shape index (κ2) is 2.58. The zero-order valence-corrected chi connectivity index (χ0v) is 7.70. The van der Waals surface area contributed by atoms with Crippen molar-refractivity contribution in [1.29, 1.82) is 0 Å². The Morgan fingerprint density at radius 3 is 1.57 bits per heavy atom. The van der Waals surface area contributed by atoms with Gasteiger partial charge in [-0.3, -0.25) is 0 Å². The van der Waals surface area contributed by atoms with E-state index in [1.165, 1.54) is 28.8 Å². The molecule has 3 rings (SSSR count). The third-order valence-corrected chi connectivity index (χ3v) is 2.72. The van der Waals surface area contributed by atoms with Crippen LogP contribution < -0.4 is 0 Å². The van der Waals surface area contributed by atoms with Gasteiger partial charge in [-0.1, -0.05) is 55.1 Å². The van der Waals surface area contributed by atoms with Crippen molar-refractivity contribution < 1.29 is 1.37 Å². The Bertz CT molecular complexity index is 505. The van der Waals surface area contributed by atoms with Gasteiger partial charge in [0, 0.05) is 0 Å². The lowest BCUT2D eigenvalue weighted by atomic mass is 10.1. The quantitative estimate of drug-likeness (QED) is 0.493. The molecule has 0 unspecified atom stereocenters. The summed E-state index contributed by atoms with van der Waals surface area (Å²) in [6.45, 7) is 1.45. The van der Waals surface area contributed by atoms with E-state index in [1.54, 1.807) is 0 Å². The summed E-state index contributed by atoms with van der Waals surface area (Å²) >= 11 is 0. The number of fused-ring (bicyclic) bond motifs is 3. The Balaban J connectivity index is 2.41. The van der Waals surface area contributed by atoms with Gasteiger partial charge < -0.3 is 0 Å². The Hall–Kier alpha value is -1.82. The normalized spacial score (nSPS) is 13.1. The van der Waals surface area contributed by atoms with Crippen molar-refractivity contribution in [2.75, 3.05) is 0 Å². The van der Waals surface area contributed by atoms with Crippen molar-refractivity contribution in [2.24, 2.45) is 0 Å². The number of hydrogen-bond acceptors (Lipinski definition) is 0. The largest absolute Gasteiger partial charge is 0.0905 e. The van der Waals surface area contributed by atoms with Crippen molar-refractivity contribution in [2.45, 2.75) is 0 Å². The van der Waals surface area contributed by atoms with Gasteiger partial charge >= 0.3 is 0 Å². The van der Waals surface area contributed by atoms with Gasteiger partial charge in [0.2, 0.25) is 0 Å². The van der Waals surface area contributed by atoms with Crippen molar-refractivity contribution in [3.8, 4) is 11.1 Å². The van der Waals surface area contributed by atoms with Crippen LogP contribution >= 0.6 is 0 Å². The molecule has 0 amide bonds. The van der Waals surface area contributed by atoms with Crippen LogP contribution in [0.4, 0.5) is 0 Å². The molecular weight excluding hydrogens is 168 g/mol. The first kappa shape index (κ1) is 6.61. The second-order valence-electron chi connectivity index (χ2n) is 3.50. The van der Waals surface area contributed by atoms with Crippen LogP contribution in [0.25, 0.3) is 16.7 Å². The molecule has 66 valence electrons. The van der Waals surface area contributed by atoms with E-state index in [4.69, 9.17) is 1.37 Å². The van der Waals surface area contributed by atoms with Crippen LogP contribution in [-0.4, -0.2) is 0 Å². The molecule has 14 heavy (non-hydrogen) atoms. The maximum atomic E-state index is 7.50. The minimum atomic E-state index is 1.03. The molecule has 0 heterocycles. The van der Waals surface area contributed by atoms with Crippen LogP contribution in [0.5, 0.6) is 0 Å². The van der Waals surface area contributed by atoms with Crippen LogP contribution in [0.2, 0.25) is 0 Å². The van der Waals surface area contributed by atoms with E-state index in [2.05, 4.69) is 24.3 Å². The number of hydrogen-bond donors (Lipinski definition) is 0. The zero-order chi connectivity index (χ0) is 10.3. The van der Waals surface area contributed by atoms with Crippen molar-refractivity contribution in [1.82, 2.24) is 0 Å². The molecule has 0 atom stereocenters. The maximum Gasteiger partial charge on any atom is 0.0544 e. The highest BCUT2D eigenvalue weighted by molar-refractivity contribution is 6.00. The molecule has 0 aliphatic heterocycles. The predicted molar refractivity (Wildman–Crippen MR) is 60.0 cm³/mol. The summed E-state index contributed by atoms with van der Waals surface area (Å²) in [6.07, 6.45) is 0. The van der Waals surface area contributed by atoms with Crippen molar-refractivity contribution in [3.63, 3.8) is 0 Å². The summed E-state index contributed by atoms with van der Waals surface area (Å²) in [6, 6.07) is 16.5. The van der Waals surface area contributed by atoms with E-state index in [0.29, 0.717) is 0 Å². The third kappa shape index (κ3) is 0.828. The average molecular weight is 179 g/mol. The van der Waals surface area contributed by atoms with Crippen LogP contribution in [0.3, 0.4) is 0 Å². The van der Waals surface area contributed by atoms with Gasteiger partial charge in [-0.2, -0.15) is 0 Å². The van der Waals surface area contributed by atoms with Crippen LogP contribution in [-0.2, 0) is 0 Å². The van der Waals surface area contributed by atoms with E-state index in [9.17, 15) is 0 Å². The fraction of sp³-hybridized carbons (Fsp3) is 0. The molecule has 0 N–H and O–H groups in total. The van der Waals surface area contributed by atoms with Gasteiger partial charge in [0.25, 0.3) is 0 Å². The lowest BCUT2D eigenvalue weighted by Crippen LogP contribution is -1.75. The molecule has 0 nitrogen and oxygen atoms in total. The predicted octanol–water partition coefficient (Wildman–Crippen LogP) is 3.73. The zero-order valence-electron chi connectivity index (χ0n) is 8.70. The average Bonchev–Trinajstić information content (AvgIpc) is 2.63. The molecule has 0 aromatic heterocycles. The Kier molecular flexibility index (Phi) is 1.22. The molecular formula is C14H10. The molecule has 0 bridgehead atoms. The molecule has 1 aliphatic rings. The highest BCUT2D eigenvalue weighted by Crippen LogP contribution is 2.42. The Labute approximate surface area is 84.9 Å². The van der Waals surface area contributed by atoms with E-state index < -0.39 is 0 Å². The topological polar surface area (TPSA) is 0 Å².